The molecule has 2 atom stereocenters. The maximum absolute atomic E-state index is 12.3. The van der Waals surface area contributed by atoms with Gasteiger partial charge in [-0.3, -0.25) is 4.79 Å². The SMILES string of the molecule is Cc1ccc(CCCCC(=O)N2CCC(N)CC2C)cc1. The minimum Gasteiger partial charge on any atom is -0.340 e. The molecule has 21 heavy (non-hydrogen) atoms. The summed E-state index contributed by atoms with van der Waals surface area (Å²) in [5.74, 6) is 0.304. The Morgan fingerprint density at radius 3 is 2.67 bits per heavy atom. The highest BCUT2D eigenvalue weighted by molar-refractivity contribution is 5.76. The number of carbonyl (C=O) groups excluding carboxylic acids is 1. The smallest absolute Gasteiger partial charge is 0.222 e. The Bertz CT molecular complexity index is 455. The number of nitrogens with two attached hydrogens (primary N) is 1. The van der Waals surface area contributed by atoms with Crippen molar-refractivity contribution in [1.29, 1.82) is 0 Å². The summed E-state index contributed by atoms with van der Waals surface area (Å²) >= 11 is 0. The monoisotopic (exact) mass is 288 g/mol. The molecule has 1 heterocycles. The van der Waals surface area contributed by atoms with Crippen LogP contribution in [0.15, 0.2) is 24.3 Å². The number of aryl methyl sites for hydroxylation is 2. The molecule has 1 aromatic carbocycles. The van der Waals surface area contributed by atoms with Gasteiger partial charge in [-0.05, 0) is 51.5 Å². The molecule has 1 amide bonds. The van der Waals surface area contributed by atoms with Gasteiger partial charge in [-0.2, -0.15) is 0 Å². The average Bonchev–Trinajstić information content (AvgIpc) is 2.45. The van der Waals surface area contributed by atoms with Gasteiger partial charge in [0.15, 0.2) is 0 Å². The molecule has 3 heteroatoms. The summed E-state index contributed by atoms with van der Waals surface area (Å²) in [4.78, 5) is 14.3. The van der Waals surface area contributed by atoms with Crippen molar-refractivity contribution in [2.24, 2.45) is 5.73 Å². The van der Waals surface area contributed by atoms with Gasteiger partial charge >= 0.3 is 0 Å². The number of piperidine rings is 1. The third kappa shape index (κ3) is 4.85. The predicted molar refractivity (Wildman–Crippen MR) is 87.1 cm³/mol. The van der Waals surface area contributed by atoms with E-state index in [0.717, 1.165) is 38.6 Å². The number of nitrogens with zero attached hydrogens (tertiary/aromatic N) is 1. The second-order valence-electron chi connectivity index (χ2n) is 6.41. The number of hydrogen-bond acceptors (Lipinski definition) is 2. The van der Waals surface area contributed by atoms with Crippen molar-refractivity contribution in [3.63, 3.8) is 0 Å². The molecule has 1 aromatic rings. The molecular weight excluding hydrogens is 260 g/mol. The number of likely N-dealkylation sites (tertiary alicyclic amines) is 1. The number of benzene rings is 1. The third-order valence-corrected chi connectivity index (χ3v) is 4.46. The van der Waals surface area contributed by atoms with Crippen LogP contribution in [0.5, 0.6) is 0 Å². The van der Waals surface area contributed by atoms with E-state index in [1.807, 2.05) is 4.90 Å². The van der Waals surface area contributed by atoms with Crippen LogP contribution in [-0.4, -0.2) is 29.4 Å². The fourth-order valence-corrected chi connectivity index (χ4v) is 3.08. The molecule has 2 N–H and O–H groups in total. The zero-order chi connectivity index (χ0) is 15.2. The van der Waals surface area contributed by atoms with Gasteiger partial charge in [0.25, 0.3) is 0 Å². The highest BCUT2D eigenvalue weighted by Crippen LogP contribution is 2.18. The van der Waals surface area contributed by atoms with E-state index < -0.39 is 0 Å². The van der Waals surface area contributed by atoms with Crippen molar-refractivity contribution in [3.05, 3.63) is 35.4 Å². The van der Waals surface area contributed by atoms with Gasteiger partial charge < -0.3 is 10.6 Å². The van der Waals surface area contributed by atoms with Crippen LogP contribution in [0.3, 0.4) is 0 Å². The highest BCUT2D eigenvalue weighted by Gasteiger charge is 2.26. The average molecular weight is 288 g/mol. The summed E-state index contributed by atoms with van der Waals surface area (Å²) in [5, 5.41) is 0. The summed E-state index contributed by atoms with van der Waals surface area (Å²) in [6.45, 7) is 5.05. The Balaban J connectivity index is 1.68. The summed E-state index contributed by atoms with van der Waals surface area (Å²) in [7, 11) is 0. The van der Waals surface area contributed by atoms with E-state index in [2.05, 4.69) is 38.1 Å². The molecule has 0 spiro atoms. The molecule has 1 saturated heterocycles. The Morgan fingerprint density at radius 2 is 2.00 bits per heavy atom. The maximum Gasteiger partial charge on any atom is 0.222 e. The van der Waals surface area contributed by atoms with Gasteiger partial charge in [0, 0.05) is 25.0 Å². The van der Waals surface area contributed by atoms with E-state index in [4.69, 9.17) is 5.73 Å². The lowest BCUT2D eigenvalue weighted by molar-refractivity contribution is -0.134. The van der Waals surface area contributed by atoms with E-state index in [1.54, 1.807) is 0 Å². The molecule has 0 saturated carbocycles. The molecule has 0 aromatic heterocycles. The zero-order valence-electron chi connectivity index (χ0n) is 13.3. The van der Waals surface area contributed by atoms with Crippen molar-refractivity contribution in [1.82, 2.24) is 4.90 Å². The third-order valence-electron chi connectivity index (χ3n) is 4.46. The number of rotatable bonds is 5. The molecule has 0 aliphatic carbocycles. The maximum atomic E-state index is 12.3. The molecule has 1 aliphatic heterocycles. The number of hydrogen-bond donors (Lipinski definition) is 1. The first-order valence-electron chi connectivity index (χ1n) is 8.17. The van der Waals surface area contributed by atoms with Crippen molar-refractivity contribution in [2.75, 3.05) is 6.54 Å². The molecule has 2 unspecified atom stereocenters. The molecular formula is C18H28N2O. The molecule has 0 radical (unpaired) electrons. The number of amides is 1. The van der Waals surface area contributed by atoms with Crippen LogP contribution >= 0.6 is 0 Å². The summed E-state index contributed by atoms with van der Waals surface area (Å²) < 4.78 is 0. The molecule has 1 fully saturated rings. The van der Waals surface area contributed by atoms with Crippen LogP contribution < -0.4 is 5.73 Å². The van der Waals surface area contributed by atoms with Gasteiger partial charge in [0.2, 0.25) is 5.91 Å². The lowest BCUT2D eigenvalue weighted by Crippen LogP contribution is -2.48. The lowest BCUT2D eigenvalue weighted by atomic mass is 9.98. The molecule has 1 aliphatic rings. The van der Waals surface area contributed by atoms with Crippen molar-refractivity contribution in [3.8, 4) is 0 Å². The molecule has 3 nitrogen and oxygen atoms in total. The minimum absolute atomic E-state index is 0.269. The Morgan fingerprint density at radius 1 is 1.29 bits per heavy atom. The molecule has 116 valence electrons. The Hall–Kier alpha value is -1.35. The first-order chi connectivity index (χ1) is 10.1. The first-order valence-corrected chi connectivity index (χ1v) is 8.17. The van der Waals surface area contributed by atoms with Crippen molar-refractivity contribution < 1.29 is 4.79 Å². The topological polar surface area (TPSA) is 46.3 Å². The van der Waals surface area contributed by atoms with Crippen molar-refractivity contribution >= 4 is 5.91 Å². The largest absolute Gasteiger partial charge is 0.340 e. The van der Waals surface area contributed by atoms with E-state index in [0.29, 0.717) is 18.4 Å². The number of unbranched alkanes of at least 4 members (excludes halogenated alkanes) is 1. The fraction of sp³-hybridized carbons (Fsp3) is 0.611. The van der Waals surface area contributed by atoms with Gasteiger partial charge in [0.1, 0.15) is 0 Å². The lowest BCUT2D eigenvalue weighted by Gasteiger charge is -2.36. The standard InChI is InChI=1S/C18H28N2O/c1-14-7-9-16(10-8-14)5-3-4-6-18(21)20-12-11-17(19)13-15(20)2/h7-10,15,17H,3-6,11-13,19H2,1-2H3. The summed E-state index contributed by atoms with van der Waals surface area (Å²) in [6.07, 6.45) is 5.67. The van der Waals surface area contributed by atoms with E-state index >= 15 is 0 Å². The second-order valence-corrected chi connectivity index (χ2v) is 6.41. The second kappa shape index (κ2) is 7.60. The van der Waals surface area contributed by atoms with Gasteiger partial charge in [-0.1, -0.05) is 29.8 Å². The fourth-order valence-electron chi connectivity index (χ4n) is 3.08. The summed E-state index contributed by atoms with van der Waals surface area (Å²) in [5.41, 5.74) is 8.61. The van der Waals surface area contributed by atoms with E-state index in [9.17, 15) is 4.79 Å². The quantitative estimate of drug-likeness (QED) is 0.847. The van der Waals surface area contributed by atoms with Crippen molar-refractivity contribution in [2.45, 2.75) is 64.5 Å². The predicted octanol–water partition coefficient (Wildman–Crippen LogP) is 3.05. The zero-order valence-corrected chi connectivity index (χ0v) is 13.3. The van der Waals surface area contributed by atoms with Gasteiger partial charge in [0.05, 0.1) is 0 Å². The summed E-state index contributed by atoms with van der Waals surface area (Å²) in [6, 6.07) is 9.25. The van der Waals surface area contributed by atoms with E-state index in [1.165, 1.54) is 11.1 Å². The Kier molecular flexibility index (Phi) is 5.80. The minimum atomic E-state index is 0.269. The highest BCUT2D eigenvalue weighted by atomic mass is 16.2. The van der Waals surface area contributed by atoms with E-state index in [-0.39, 0.29) is 6.04 Å². The van der Waals surface area contributed by atoms with Crippen LogP contribution in [0.2, 0.25) is 0 Å². The number of carbonyl (C=O) groups is 1. The molecule has 0 bridgehead atoms. The van der Waals surface area contributed by atoms with Crippen LogP contribution in [0.25, 0.3) is 0 Å². The first kappa shape index (κ1) is 16.0. The molecule has 2 rings (SSSR count). The normalized spacial score (nSPS) is 22.3. The van der Waals surface area contributed by atoms with Crippen LogP contribution in [-0.2, 0) is 11.2 Å². The van der Waals surface area contributed by atoms with Crippen LogP contribution in [0.1, 0.15) is 50.2 Å². The Labute approximate surface area is 128 Å². The van der Waals surface area contributed by atoms with Gasteiger partial charge in [-0.15, -0.1) is 0 Å². The van der Waals surface area contributed by atoms with Crippen LogP contribution in [0.4, 0.5) is 0 Å². The van der Waals surface area contributed by atoms with Crippen LogP contribution in [0, 0.1) is 6.92 Å². The van der Waals surface area contributed by atoms with Gasteiger partial charge in [-0.25, -0.2) is 0 Å².